The third-order valence-electron chi connectivity index (χ3n) is 6.62. The van der Waals surface area contributed by atoms with Crippen molar-refractivity contribution < 1.29 is 42.6 Å². The van der Waals surface area contributed by atoms with Gasteiger partial charge in [0.25, 0.3) is 0 Å². The van der Waals surface area contributed by atoms with Crippen LogP contribution < -0.4 is 16.0 Å². The van der Waals surface area contributed by atoms with Crippen molar-refractivity contribution in [2.75, 3.05) is 18.4 Å². The number of aliphatic carboxylic acids is 2. The monoisotopic (exact) mass is 638 g/mol. The van der Waals surface area contributed by atoms with Crippen molar-refractivity contribution in [3.8, 4) is 11.1 Å². The van der Waals surface area contributed by atoms with Crippen molar-refractivity contribution in [3.63, 3.8) is 0 Å². The van der Waals surface area contributed by atoms with Crippen LogP contribution in [-0.4, -0.2) is 58.2 Å². The quantitative estimate of drug-likeness (QED) is 0.119. The van der Waals surface area contributed by atoms with E-state index in [2.05, 4.69) is 39.1 Å². The van der Waals surface area contributed by atoms with Crippen LogP contribution in [0.15, 0.2) is 91.1 Å². The van der Waals surface area contributed by atoms with Gasteiger partial charge in [-0.25, -0.2) is 9.78 Å². The zero-order valence-electron chi connectivity index (χ0n) is 24.6. The SMILES string of the molecule is O=C(O)C(F)(F)F.O=C(O)CC(NC(=O)CNC(=O)CCCCNc1ccccn1)c1ccc(-c2cccc3ccccc23)cc1. The maximum Gasteiger partial charge on any atom is 0.490 e. The highest BCUT2D eigenvalue weighted by molar-refractivity contribution is 5.96. The van der Waals surface area contributed by atoms with Gasteiger partial charge in [-0.15, -0.1) is 0 Å². The van der Waals surface area contributed by atoms with E-state index in [0.29, 0.717) is 24.9 Å². The van der Waals surface area contributed by atoms with Gasteiger partial charge in [0, 0.05) is 19.2 Å². The lowest BCUT2D eigenvalue weighted by Gasteiger charge is -2.18. The number of rotatable bonds is 13. The number of alkyl halides is 3. The number of hydrogen-bond donors (Lipinski definition) is 5. The van der Waals surface area contributed by atoms with Crippen LogP contribution in [0.3, 0.4) is 0 Å². The highest BCUT2D eigenvalue weighted by atomic mass is 19.4. The molecule has 0 fully saturated rings. The number of amides is 2. The molecule has 1 aromatic heterocycles. The summed E-state index contributed by atoms with van der Waals surface area (Å²) in [6.45, 7) is 0.482. The van der Waals surface area contributed by atoms with E-state index in [0.717, 1.165) is 34.1 Å². The number of carboxylic acids is 2. The van der Waals surface area contributed by atoms with Crippen LogP contribution in [0.25, 0.3) is 21.9 Å². The lowest BCUT2D eigenvalue weighted by atomic mass is 9.95. The fraction of sp³-hybridized carbons (Fsp3) is 0.242. The molecule has 4 rings (SSSR count). The van der Waals surface area contributed by atoms with E-state index < -0.39 is 30.1 Å². The molecule has 0 bridgehead atoms. The normalized spacial score (nSPS) is 11.5. The van der Waals surface area contributed by atoms with Crippen LogP contribution in [-0.2, 0) is 19.2 Å². The van der Waals surface area contributed by atoms with Gasteiger partial charge >= 0.3 is 18.1 Å². The molecule has 3 aromatic carbocycles. The zero-order valence-corrected chi connectivity index (χ0v) is 24.6. The number of hydrogen-bond acceptors (Lipinski definition) is 6. The van der Waals surface area contributed by atoms with E-state index in [-0.39, 0.29) is 18.9 Å². The first-order valence-electron chi connectivity index (χ1n) is 14.2. The standard InChI is InChI=1S/C31H32N4O4.C2HF3O2/c36-29(13-4-6-19-33-28-12-3-5-18-32-28)34-21-30(37)35-27(20-31(38)39)24-16-14-23(15-17-24)26-11-7-9-22-8-1-2-10-25(22)26;3-2(4,5)1(6)7/h1-3,5,7-12,14-18,27H,4,6,13,19-21H2,(H,32,33)(H,34,36)(H,35,37)(H,38,39);(H,6,7). The van der Waals surface area contributed by atoms with E-state index >= 15 is 0 Å². The number of halogens is 3. The number of fused-ring (bicyclic) bond motifs is 1. The van der Waals surface area contributed by atoms with Gasteiger partial charge in [-0.2, -0.15) is 13.2 Å². The van der Waals surface area contributed by atoms with Crippen molar-refractivity contribution >= 4 is 40.3 Å². The Labute approximate surface area is 262 Å². The third kappa shape index (κ3) is 11.6. The van der Waals surface area contributed by atoms with Crippen LogP contribution in [0.1, 0.15) is 37.3 Å². The van der Waals surface area contributed by atoms with Gasteiger partial charge < -0.3 is 26.2 Å². The molecule has 0 radical (unpaired) electrons. The summed E-state index contributed by atoms with van der Waals surface area (Å²) in [5.74, 6) is -3.66. The predicted molar refractivity (Wildman–Crippen MR) is 166 cm³/mol. The lowest BCUT2D eigenvalue weighted by molar-refractivity contribution is -0.192. The molecule has 1 heterocycles. The third-order valence-corrected chi connectivity index (χ3v) is 6.62. The molecular formula is C33H33F3N4O6. The summed E-state index contributed by atoms with van der Waals surface area (Å²) in [5, 5.41) is 27.4. The van der Waals surface area contributed by atoms with E-state index in [4.69, 9.17) is 9.90 Å². The van der Waals surface area contributed by atoms with Crippen LogP contribution in [0.2, 0.25) is 0 Å². The van der Waals surface area contributed by atoms with Gasteiger partial charge in [-0.05, 0) is 52.4 Å². The predicted octanol–water partition coefficient (Wildman–Crippen LogP) is 5.57. The first-order chi connectivity index (χ1) is 21.9. The molecular weight excluding hydrogens is 605 g/mol. The first kappa shape index (κ1) is 35.0. The molecule has 0 aliphatic carbocycles. The Morgan fingerprint density at radius 1 is 0.804 bits per heavy atom. The van der Waals surface area contributed by atoms with Crippen LogP contribution >= 0.6 is 0 Å². The molecule has 242 valence electrons. The topological polar surface area (TPSA) is 158 Å². The molecule has 5 N–H and O–H groups in total. The molecule has 1 unspecified atom stereocenters. The summed E-state index contributed by atoms with van der Waals surface area (Å²) in [6, 6.07) is 26.7. The zero-order chi connectivity index (χ0) is 33.5. The molecule has 46 heavy (non-hydrogen) atoms. The number of pyridine rings is 1. The average Bonchev–Trinajstić information content (AvgIpc) is 3.03. The number of carboxylic acid groups (broad SMARTS) is 2. The Hall–Kier alpha value is -5.46. The van der Waals surface area contributed by atoms with Gasteiger partial charge in [0.15, 0.2) is 0 Å². The molecule has 4 aromatic rings. The smallest absolute Gasteiger partial charge is 0.481 e. The summed E-state index contributed by atoms with van der Waals surface area (Å²) in [4.78, 5) is 49.3. The molecule has 13 heteroatoms. The Morgan fingerprint density at radius 2 is 1.48 bits per heavy atom. The number of benzene rings is 3. The Morgan fingerprint density at radius 3 is 2.13 bits per heavy atom. The summed E-state index contributed by atoms with van der Waals surface area (Å²) >= 11 is 0. The number of aromatic nitrogens is 1. The van der Waals surface area contributed by atoms with Gasteiger partial charge in [0.05, 0.1) is 19.0 Å². The number of carbonyl (C=O) groups excluding carboxylic acids is 2. The molecule has 0 saturated heterocycles. The lowest BCUT2D eigenvalue weighted by Crippen LogP contribution is -2.39. The van der Waals surface area contributed by atoms with Crippen LogP contribution in [0, 0.1) is 0 Å². The van der Waals surface area contributed by atoms with Gasteiger partial charge in [0.2, 0.25) is 11.8 Å². The number of nitrogens with one attached hydrogen (secondary N) is 3. The molecule has 0 saturated carbocycles. The molecule has 10 nitrogen and oxygen atoms in total. The summed E-state index contributed by atoms with van der Waals surface area (Å²) in [6.07, 6.45) is -1.89. The minimum atomic E-state index is -5.08. The number of anilines is 1. The van der Waals surface area contributed by atoms with Crippen molar-refractivity contribution in [2.45, 2.75) is 37.9 Å². The minimum Gasteiger partial charge on any atom is -0.481 e. The highest BCUT2D eigenvalue weighted by Crippen LogP contribution is 2.30. The van der Waals surface area contributed by atoms with Crippen molar-refractivity contribution in [1.82, 2.24) is 15.6 Å². The van der Waals surface area contributed by atoms with E-state index in [9.17, 15) is 32.7 Å². The summed E-state index contributed by atoms with van der Waals surface area (Å²) in [5.41, 5.74) is 2.76. The highest BCUT2D eigenvalue weighted by Gasteiger charge is 2.38. The molecule has 2 amide bonds. The van der Waals surface area contributed by atoms with Crippen molar-refractivity contribution in [1.29, 1.82) is 0 Å². The van der Waals surface area contributed by atoms with E-state index in [1.54, 1.807) is 6.20 Å². The summed E-state index contributed by atoms with van der Waals surface area (Å²) in [7, 11) is 0. The maximum absolute atomic E-state index is 12.5. The Bertz CT molecular complexity index is 1610. The molecule has 0 aliphatic rings. The second kappa shape index (κ2) is 17.1. The van der Waals surface area contributed by atoms with Crippen LogP contribution in [0.5, 0.6) is 0 Å². The Kier molecular flexibility index (Phi) is 13.0. The van der Waals surface area contributed by atoms with Gasteiger partial charge in [-0.1, -0.05) is 72.8 Å². The number of carbonyl (C=O) groups is 4. The molecule has 0 aliphatic heterocycles. The van der Waals surface area contributed by atoms with Gasteiger partial charge in [-0.3, -0.25) is 14.4 Å². The van der Waals surface area contributed by atoms with Gasteiger partial charge in [0.1, 0.15) is 5.82 Å². The number of nitrogens with zero attached hydrogens (tertiary/aromatic N) is 1. The minimum absolute atomic E-state index is 0.213. The molecule has 0 spiro atoms. The van der Waals surface area contributed by atoms with E-state index in [1.165, 1.54) is 0 Å². The first-order valence-corrected chi connectivity index (χ1v) is 14.2. The fourth-order valence-electron chi connectivity index (χ4n) is 4.41. The van der Waals surface area contributed by atoms with Crippen molar-refractivity contribution in [3.05, 3.63) is 96.7 Å². The molecule has 1 atom stereocenters. The second-order valence-corrected chi connectivity index (χ2v) is 10.0. The second-order valence-electron chi connectivity index (χ2n) is 10.0. The van der Waals surface area contributed by atoms with Crippen LogP contribution in [0.4, 0.5) is 19.0 Å². The fourth-order valence-corrected chi connectivity index (χ4v) is 4.41. The largest absolute Gasteiger partial charge is 0.490 e. The maximum atomic E-state index is 12.5. The summed E-state index contributed by atoms with van der Waals surface area (Å²) < 4.78 is 31.7. The number of unbranched alkanes of at least 4 members (excludes halogenated alkanes) is 1. The van der Waals surface area contributed by atoms with Crippen molar-refractivity contribution in [2.24, 2.45) is 0 Å². The Balaban J connectivity index is 0.000000738. The van der Waals surface area contributed by atoms with E-state index in [1.807, 2.05) is 66.7 Å². The average molecular weight is 639 g/mol.